The maximum absolute atomic E-state index is 13.5. The summed E-state index contributed by atoms with van der Waals surface area (Å²) in [6.45, 7) is 0. The SMILES string of the molecule is O=C(Nc1ccc2[nH]c(=O)[nH]c2c1)c1ccnc(F)c1F. The number of rotatable bonds is 2. The summed E-state index contributed by atoms with van der Waals surface area (Å²) >= 11 is 0. The zero-order valence-electron chi connectivity index (χ0n) is 10.4. The Hall–Kier alpha value is -3.03. The molecule has 3 rings (SSSR count). The lowest BCUT2D eigenvalue weighted by atomic mass is 10.2. The van der Waals surface area contributed by atoms with E-state index in [9.17, 15) is 18.4 Å². The average Bonchev–Trinajstić information content (AvgIpc) is 2.81. The van der Waals surface area contributed by atoms with Crippen LogP contribution >= 0.6 is 0 Å². The number of hydrogen-bond acceptors (Lipinski definition) is 3. The number of H-pyrrole nitrogens is 2. The number of carbonyl (C=O) groups excluding carboxylic acids is 1. The third kappa shape index (κ3) is 2.38. The maximum atomic E-state index is 13.5. The van der Waals surface area contributed by atoms with Crippen molar-refractivity contribution in [1.82, 2.24) is 15.0 Å². The lowest BCUT2D eigenvalue weighted by Gasteiger charge is -2.06. The Morgan fingerprint density at radius 2 is 1.90 bits per heavy atom. The second-order valence-electron chi connectivity index (χ2n) is 4.26. The van der Waals surface area contributed by atoms with Crippen molar-refractivity contribution >= 4 is 22.6 Å². The molecule has 3 aromatic rings. The first-order valence-electron chi connectivity index (χ1n) is 5.88. The Kier molecular flexibility index (Phi) is 2.98. The minimum absolute atomic E-state index is 0.333. The standard InChI is InChI=1S/C13H8F2N4O2/c14-10-7(3-4-16-11(10)15)12(20)17-6-1-2-8-9(5-6)19-13(21)18-8/h1-5H,(H,17,20)(H2,18,19,21). The molecule has 0 aliphatic heterocycles. The predicted octanol–water partition coefficient (Wildman–Crippen LogP) is 1.78. The highest BCUT2D eigenvalue weighted by atomic mass is 19.2. The number of nitrogens with zero attached hydrogens (tertiary/aromatic N) is 1. The van der Waals surface area contributed by atoms with Crippen molar-refractivity contribution in [3.8, 4) is 0 Å². The largest absolute Gasteiger partial charge is 0.323 e. The second kappa shape index (κ2) is 4.82. The van der Waals surface area contributed by atoms with Crippen LogP contribution in [0.1, 0.15) is 10.4 Å². The number of anilines is 1. The van der Waals surface area contributed by atoms with Gasteiger partial charge in [-0.15, -0.1) is 0 Å². The molecule has 0 bridgehead atoms. The van der Waals surface area contributed by atoms with Gasteiger partial charge in [-0.25, -0.2) is 14.2 Å². The Morgan fingerprint density at radius 1 is 1.14 bits per heavy atom. The normalized spacial score (nSPS) is 10.8. The number of halogens is 2. The van der Waals surface area contributed by atoms with Gasteiger partial charge in [0.05, 0.1) is 16.6 Å². The first kappa shape index (κ1) is 13.0. The summed E-state index contributed by atoms with van der Waals surface area (Å²) in [5, 5.41) is 2.42. The highest BCUT2D eigenvalue weighted by Crippen LogP contribution is 2.16. The Morgan fingerprint density at radius 3 is 2.71 bits per heavy atom. The molecule has 0 saturated heterocycles. The van der Waals surface area contributed by atoms with E-state index in [4.69, 9.17) is 0 Å². The lowest BCUT2D eigenvalue weighted by Crippen LogP contribution is -2.15. The predicted molar refractivity (Wildman–Crippen MR) is 71.0 cm³/mol. The average molecular weight is 290 g/mol. The number of aromatic amines is 2. The van der Waals surface area contributed by atoms with Crippen molar-refractivity contribution in [2.75, 3.05) is 5.32 Å². The van der Waals surface area contributed by atoms with E-state index in [1.165, 1.54) is 12.1 Å². The topological polar surface area (TPSA) is 90.6 Å². The number of amides is 1. The molecule has 0 fully saturated rings. The fourth-order valence-corrected chi connectivity index (χ4v) is 1.90. The summed E-state index contributed by atoms with van der Waals surface area (Å²) in [6.07, 6.45) is 1.00. The molecule has 106 valence electrons. The summed E-state index contributed by atoms with van der Waals surface area (Å²) in [6, 6.07) is 5.68. The summed E-state index contributed by atoms with van der Waals surface area (Å²) in [4.78, 5) is 31.2. The molecule has 0 saturated carbocycles. The molecule has 0 atom stereocenters. The molecule has 0 aliphatic rings. The van der Waals surface area contributed by atoms with Gasteiger partial charge in [-0.1, -0.05) is 0 Å². The number of carbonyl (C=O) groups is 1. The van der Waals surface area contributed by atoms with Gasteiger partial charge in [0, 0.05) is 11.9 Å². The molecule has 3 N–H and O–H groups in total. The third-order valence-electron chi connectivity index (χ3n) is 2.87. The highest BCUT2D eigenvalue weighted by molar-refractivity contribution is 6.05. The van der Waals surface area contributed by atoms with Gasteiger partial charge in [0.25, 0.3) is 5.91 Å². The van der Waals surface area contributed by atoms with Gasteiger partial charge >= 0.3 is 5.69 Å². The van der Waals surface area contributed by atoms with Gasteiger partial charge in [-0.05, 0) is 24.3 Å². The van der Waals surface area contributed by atoms with Gasteiger partial charge in [0.1, 0.15) is 0 Å². The molecule has 8 heteroatoms. The van der Waals surface area contributed by atoms with Crippen LogP contribution in [0, 0.1) is 11.8 Å². The molecule has 2 heterocycles. The zero-order valence-corrected chi connectivity index (χ0v) is 10.4. The van der Waals surface area contributed by atoms with Crippen LogP contribution in [0.3, 0.4) is 0 Å². The monoisotopic (exact) mass is 290 g/mol. The Bertz CT molecular complexity index is 901. The number of imidazole rings is 1. The molecule has 0 aliphatic carbocycles. The van der Waals surface area contributed by atoms with Crippen molar-refractivity contribution in [3.05, 3.63) is 58.3 Å². The van der Waals surface area contributed by atoms with Gasteiger partial charge in [0.2, 0.25) is 5.95 Å². The smallest absolute Gasteiger partial charge is 0.322 e. The first-order valence-corrected chi connectivity index (χ1v) is 5.88. The lowest BCUT2D eigenvalue weighted by molar-refractivity contribution is 0.102. The fourth-order valence-electron chi connectivity index (χ4n) is 1.90. The molecular formula is C13H8F2N4O2. The molecule has 21 heavy (non-hydrogen) atoms. The van der Waals surface area contributed by atoms with E-state index in [0.29, 0.717) is 16.7 Å². The summed E-state index contributed by atoms with van der Waals surface area (Å²) in [7, 11) is 0. The third-order valence-corrected chi connectivity index (χ3v) is 2.87. The zero-order chi connectivity index (χ0) is 15.0. The molecule has 1 amide bonds. The molecular weight excluding hydrogens is 282 g/mol. The van der Waals surface area contributed by atoms with Crippen LogP contribution in [0.2, 0.25) is 0 Å². The number of benzene rings is 1. The maximum Gasteiger partial charge on any atom is 0.323 e. The Labute approximate surface area is 115 Å². The van der Waals surface area contributed by atoms with Crippen molar-refractivity contribution < 1.29 is 13.6 Å². The molecule has 6 nitrogen and oxygen atoms in total. The van der Waals surface area contributed by atoms with E-state index in [1.807, 2.05) is 0 Å². The summed E-state index contributed by atoms with van der Waals surface area (Å²) < 4.78 is 26.4. The number of fused-ring (bicyclic) bond motifs is 1. The van der Waals surface area contributed by atoms with Gasteiger partial charge in [-0.3, -0.25) is 4.79 Å². The number of nitrogens with one attached hydrogen (secondary N) is 3. The highest BCUT2D eigenvalue weighted by Gasteiger charge is 2.16. The summed E-state index contributed by atoms with van der Waals surface area (Å²) in [5.74, 6) is -3.47. The van der Waals surface area contributed by atoms with Crippen molar-refractivity contribution in [2.45, 2.75) is 0 Å². The quantitative estimate of drug-likeness (QED) is 0.628. The molecule has 2 aromatic heterocycles. The van der Waals surface area contributed by atoms with Crippen molar-refractivity contribution in [3.63, 3.8) is 0 Å². The number of aromatic nitrogens is 3. The van der Waals surface area contributed by atoms with Crippen LogP contribution in [0.5, 0.6) is 0 Å². The van der Waals surface area contributed by atoms with Crippen molar-refractivity contribution in [1.29, 1.82) is 0 Å². The van der Waals surface area contributed by atoms with Gasteiger partial charge in [-0.2, -0.15) is 4.39 Å². The number of hydrogen-bond donors (Lipinski definition) is 3. The molecule has 0 unspecified atom stereocenters. The van der Waals surface area contributed by atoms with Crippen LogP contribution in [-0.4, -0.2) is 20.9 Å². The molecule has 0 radical (unpaired) electrons. The van der Waals surface area contributed by atoms with E-state index >= 15 is 0 Å². The van der Waals surface area contributed by atoms with Gasteiger partial charge < -0.3 is 15.3 Å². The van der Waals surface area contributed by atoms with E-state index in [2.05, 4.69) is 20.3 Å². The van der Waals surface area contributed by atoms with Crippen LogP contribution in [0.4, 0.5) is 14.5 Å². The van der Waals surface area contributed by atoms with Crippen molar-refractivity contribution in [2.24, 2.45) is 0 Å². The summed E-state index contributed by atoms with van der Waals surface area (Å²) in [5.41, 5.74) is 0.554. The Balaban J connectivity index is 1.92. The van der Waals surface area contributed by atoms with E-state index in [1.54, 1.807) is 6.07 Å². The van der Waals surface area contributed by atoms with Crippen LogP contribution in [0.15, 0.2) is 35.3 Å². The van der Waals surface area contributed by atoms with E-state index < -0.39 is 23.2 Å². The van der Waals surface area contributed by atoms with E-state index in [-0.39, 0.29) is 5.69 Å². The molecule has 1 aromatic carbocycles. The van der Waals surface area contributed by atoms with Gasteiger partial charge in [0.15, 0.2) is 5.82 Å². The number of pyridine rings is 1. The molecule has 0 spiro atoms. The minimum Gasteiger partial charge on any atom is -0.322 e. The fraction of sp³-hybridized carbons (Fsp3) is 0. The van der Waals surface area contributed by atoms with Crippen LogP contribution in [-0.2, 0) is 0 Å². The first-order chi connectivity index (χ1) is 10.0. The van der Waals surface area contributed by atoms with Crippen LogP contribution < -0.4 is 11.0 Å². The van der Waals surface area contributed by atoms with E-state index in [0.717, 1.165) is 12.3 Å². The van der Waals surface area contributed by atoms with Crippen LogP contribution in [0.25, 0.3) is 11.0 Å². The second-order valence-corrected chi connectivity index (χ2v) is 4.26. The minimum atomic E-state index is -1.34.